The Kier molecular flexibility index (Phi) is 14.2. The first-order valence-corrected chi connectivity index (χ1v) is 5.11. The molecule has 0 aliphatic heterocycles. The van der Waals surface area contributed by atoms with Crippen LogP contribution in [0.3, 0.4) is 0 Å². The van der Waals surface area contributed by atoms with Gasteiger partial charge in [-0.05, 0) is 18.6 Å². The van der Waals surface area contributed by atoms with Crippen LogP contribution in [-0.4, -0.2) is 16.6 Å². The van der Waals surface area contributed by atoms with Gasteiger partial charge in [0, 0.05) is 26.0 Å². The van der Waals surface area contributed by atoms with Crippen molar-refractivity contribution >= 4 is 28.3 Å². The summed E-state index contributed by atoms with van der Waals surface area (Å²) in [7, 11) is 0. The molecule has 0 heterocycles. The van der Waals surface area contributed by atoms with Gasteiger partial charge >= 0.3 is 0 Å². The maximum absolute atomic E-state index is 5.04. The van der Waals surface area contributed by atoms with E-state index in [1.54, 1.807) is 11.8 Å². The first-order chi connectivity index (χ1) is 4.81. The second kappa shape index (κ2) is 10.9. The molecule has 4 heteroatoms. The largest absolute Gasteiger partial charge is 0.371 e. The average Bonchev–Trinajstić information content (AvgIpc) is 1.97. The van der Waals surface area contributed by atoms with Crippen LogP contribution in [0.5, 0.6) is 0 Å². The van der Waals surface area contributed by atoms with E-state index in [2.05, 4.69) is 19.2 Å². The fourth-order valence-corrected chi connectivity index (χ4v) is 1.42. The third-order valence-electron chi connectivity index (χ3n) is 0.957. The first kappa shape index (κ1) is 14.4. The van der Waals surface area contributed by atoms with Crippen LogP contribution in [0, 0.1) is 0 Å². The summed E-state index contributed by atoms with van der Waals surface area (Å²) in [6, 6.07) is 0. The van der Waals surface area contributed by atoms with E-state index < -0.39 is 0 Å². The Hall–Kier alpha value is 0.863. The van der Waals surface area contributed by atoms with Crippen molar-refractivity contribution in [3.05, 3.63) is 0 Å². The first-order valence-electron chi connectivity index (χ1n) is 3.71. The van der Waals surface area contributed by atoms with Gasteiger partial charge in [0.25, 0.3) is 0 Å². The van der Waals surface area contributed by atoms with E-state index >= 15 is 0 Å². The van der Waals surface area contributed by atoms with E-state index in [-0.39, 0.29) is 19.5 Å². The molecule has 1 N–H and O–H groups in total. The maximum atomic E-state index is 5.04. The van der Waals surface area contributed by atoms with Gasteiger partial charge in [0.2, 0.25) is 0 Å². The predicted molar refractivity (Wildman–Crippen MR) is 53.6 cm³/mol. The minimum Gasteiger partial charge on any atom is -0.371 e. The standard InChI is InChI=1S/C7H15NS2.Zn/c1-3-5-8-7(9)10-6-4-2;/h3-6H2,1-2H3,(H,8,9);. The number of nitrogens with one attached hydrogen (secondary N) is 1. The van der Waals surface area contributed by atoms with Gasteiger partial charge in [0.1, 0.15) is 4.32 Å². The van der Waals surface area contributed by atoms with Crippen molar-refractivity contribution in [3.63, 3.8) is 0 Å². The van der Waals surface area contributed by atoms with Gasteiger partial charge in [-0.1, -0.05) is 37.8 Å². The second-order valence-electron chi connectivity index (χ2n) is 2.06. The quantitative estimate of drug-likeness (QED) is 0.601. The molecule has 1 nitrogen and oxygen atoms in total. The van der Waals surface area contributed by atoms with Crippen molar-refractivity contribution in [2.45, 2.75) is 26.7 Å². The molecular weight excluding hydrogens is 228 g/mol. The molecule has 0 aromatic carbocycles. The summed E-state index contributed by atoms with van der Waals surface area (Å²) in [4.78, 5) is 0. The molecule has 0 radical (unpaired) electrons. The van der Waals surface area contributed by atoms with E-state index in [9.17, 15) is 0 Å². The van der Waals surface area contributed by atoms with Crippen LogP contribution in [0.1, 0.15) is 26.7 Å². The Bertz CT molecular complexity index is 88.4. The van der Waals surface area contributed by atoms with Crippen LogP contribution in [0.4, 0.5) is 0 Å². The van der Waals surface area contributed by atoms with Gasteiger partial charge in [-0.25, -0.2) is 0 Å². The van der Waals surface area contributed by atoms with E-state index in [0.29, 0.717) is 0 Å². The van der Waals surface area contributed by atoms with Crippen LogP contribution in [0.2, 0.25) is 0 Å². The average molecular weight is 243 g/mol. The molecule has 0 saturated carbocycles. The van der Waals surface area contributed by atoms with Crippen LogP contribution in [-0.2, 0) is 19.5 Å². The zero-order chi connectivity index (χ0) is 7.82. The molecule has 0 aromatic heterocycles. The molecule has 0 spiro atoms. The molecular formula is C7H15NS2Zn. The molecule has 0 rings (SSSR count). The molecule has 0 saturated heterocycles. The molecule has 62 valence electrons. The van der Waals surface area contributed by atoms with Crippen molar-refractivity contribution in [1.82, 2.24) is 5.32 Å². The number of thioether (sulfide) groups is 1. The van der Waals surface area contributed by atoms with Gasteiger partial charge in [-0.15, -0.1) is 0 Å². The normalized spacial score (nSPS) is 8.55. The molecule has 0 aliphatic carbocycles. The summed E-state index contributed by atoms with van der Waals surface area (Å²) >= 11 is 6.77. The van der Waals surface area contributed by atoms with Crippen molar-refractivity contribution in [1.29, 1.82) is 0 Å². The minimum absolute atomic E-state index is 0. The van der Waals surface area contributed by atoms with Gasteiger partial charge in [0.15, 0.2) is 0 Å². The van der Waals surface area contributed by atoms with E-state index in [1.165, 1.54) is 6.42 Å². The van der Waals surface area contributed by atoms with Crippen molar-refractivity contribution < 1.29 is 19.5 Å². The Labute approximate surface area is 91.8 Å². The predicted octanol–water partition coefficient (Wildman–Crippen LogP) is 2.41. The van der Waals surface area contributed by atoms with E-state index in [1.807, 2.05) is 0 Å². The summed E-state index contributed by atoms with van der Waals surface area (Å²) in [5.41, 5.74) is 0. The van der Waals surface area contributed by atoms with Crippen LogP contribution in [0.25, 0.3) is 0 Å². The topological polar surface area (TPSA) is 12.0 Å². The molecule has 0 amide bonds. The van der Waals surface area contributed by atoms with E-state index in [0.717, 1.165) is 23.0 Å². The zero-order valence-corrected chi connectivity index (χ0v) is 12.0. The van der Waals surface area contributed by atoms with Crippen LogP contribution in [0.15, 0.2) is 0 Å². The third kappa shape index (κ3) is 10.9. The SMILES string of the molecule is CCCNC(=S)SCCC.[Zn]. The zero-order valence-electron chi connectivity index (χ0n) is 7.35. The second-order valence-corrected chi connectivity index (χ2v) is 3.83. The molecule has 0 aliphatic rings. The third-order valence-corrected chi connectivity index (χ3v) is 2.47. The van der Waals surface area contributed by atoms with E-state index in [4.69, 9.17) is 12.2 Å². The molecule has 0 fully saturated rings. The molecule has 11 heavy (non-hydrogen) atoms. The fraction of sp³-hybridized carbons (Fsp3) is 0.857. The number of thiocarbonyl (C=S) groups is 1. The molecule has 0 bridgehead atoms. The summed E-state index contributed by atoms with van der Waals surface area (Å²) < 4.78 is 0.948. The number of hydrogen-bond acceptors (Lipinski definition) is 2. The Morgan fingerprint density at radius 3 is 2.45 bits per heavy atom. The smallest absolute Gasteiger partial charge is 0.133 e. The van der Waals surface area contributed by atoms with Gasteiger partial charge in [-0.2, -0.15) is 0 Å². The van der Waals surface area contributed by atoms with Crippen molar-refractivity contribution in [2.75, 3.05) is 12.3 Å². The Morgan fingerprint density at radius 2 is 2.00 bits per heavy atom. The monoisotopic (exact) mass is 241 g/mol. The summed E-state index contributed by atoms with van der Waals surface area (Å²) in [5, 5.41) is 3.16. The van der Waals surface area contributed by atoms with Crippen LogP contribution < -0.4 is 5.32 Å². The van der Waals surface area contributed by atoms with Crippen molar-refractivity contribution in [2.24, 2.45) is 0 Å². The van der Waals surface area contributed by atoms with Gasteiger partial charge < -0.3 is 5.32 Å². The summed E-state index contributed by atoms with van der Waals surface area (Å²) in [6.07, 6.45) is 2.34. The maximum Gasteiger partial charge on any atom is 0.133 e. The Morgan fingerprint density at radius 1 is 1.36 bits per heavy atom. The van der Waals surface area contributed by atoms with Gasteiger partial charge in [-0.3, -0.25) is 0 Å². The number of rotatable bonds is 4. The molecule has 0 unspecified atom stereocenters. The van der Waals surface area contributed by atoms with Crippen LogP contribution >= 0.6 is 24.0 Å². The van der Waals surface area contributed by atoms with Crippen molar-refractivity contribution in [3.8, 4) is 0 Å². The summed E-state index contributed by atoms with van der Waals surface area (Å²) in [6.45, 7) is 5.31. The fourth-order valence-electron chi connectivity index (χ4n) is 0.473. The number of hydrogen-bond donors (Lipinski definition) is 1. The molecule has 0 aromatic rings. The van der Waals surface area contributed by atoms with Gasteiger partial charge in [0.05, 0.1) is 0 Å². The Balaban J connectivity index is 0. The minimum atomic E-state index is 0. The summed E-state index contributed by atoms with van der Waals surface area (Å²) in [5.74, 6) is 1.13. The molecule has 0 atom stereocenters.